The Kier molecular flexibility index (Phi) is 7.45. The SMILES string of the molecule is CCCNC(CC)c1ccn(CCCSC)c1. The number of aromatic nitrogens is 1. The molecule has 1 atom stereocenters. The monoisotopic (exact) mass is 254 g/mol. The van der Waals surface area contributed by atoms with E-state index in [-0.39, 0.29) is 0 Å². The molecule has 1 aromatic rings. The maximum Gasteiger partial charge on any atom is 0.0332 e. The highest BCUT2D eigenvalue weighted by molar-refractivity contribution is 7.98. The highest BCUT2D eigenvalue weighted by Gasteiger charge is 2.09. The summed E-state index contributed by atoms with van der Waals surface area (Å²) >= 11 is 1.92. The third-order valence-electron chi connectivity index (χ3n) is 2.99. The molecule has 1 unspecified atom stereocenters. The fourth-order valence-corrected chi connectivity index (χ4v) is 2.43. The van der Waals surface area contributed by atoms with E-state index < -0.39 is 0 Å². The molecule has 0 amide bonds. The van der Waals surface area contributed by atoms with E-state index in [0.717, 1.165) is 19.5 Å². The van der Waals surface area contributed by atoms with Crippen LogP contribution in [0.15, 0.2) is 18.5 Å². The first kappa shape index (κ1) is 14.7. The van der Waals surface area contributed by atoms with Gasteiger partial charge in [-0.15, -0.1) is 0 Å². The van der Waals surface area contributed by atoms with Gasteiger partial charge < -0.3 is 9.88 Å². The van der Waals surface area contributed by atoms with Crippen molar-refractivity contribution in [3.05, 3.63) is 24.0 Å². The van der Waals surface area contributed by atoms with E-state index in [1.54, 1.807) is 0 Å². The van der Waals surface area contributed by atoms with Crippen LogP contribution >= 0.6 is 11.8 Å². The van der Waals surface area contributed by atoms with Gasteiger partial charge in [0.2, 0.25) is 0 Å². The van der Waals surface area contributed by atoms with Crippen molar-refractivity contribution >= 4 is 11.8 Å². The zero-order chi connectivity index (χ0) is 12.5. The molecule has 0 saturated heterocycles. The van der Waals surface area contributed by atoms with Gasteiger partial charge in [0.25, 0.3) is 0 Å². The molecule has 17 heavy (non-hydrogen) atoms. The van der Waals surface area contributed by atoms with E-state index in [0.29, 0.717) is 6.04 Å². The topological polar surface area (TPSA) is 17.0 Å². The van der Waals surface area contributed by atoms with Crippen LogP contribution in [0.4, 0.5) is 0 Å². The Morgan fingerprint density at radius 3 is 2.88 bits per heavy atom. The fourth-order valence-electron chi connectivity index (χ4n) is 2.01. The predicted octanol–water partition coefficient (Wildman–Crippen LogP) is 3.69. The van der Waals surface area contributed by atoms with Crippen molar-refractivity contribution in [1.29, 1.82) is 0 Å². The molecule has 0 aliphatic rings. The molecule has 1 aromatic heterocycles. The van der Waals surface area contributed by atoms with Crippen molar-refractivity contribution in [2.24, 2.45) is 0 Å². The lowest BCUT2D eigenvalue weighted by atomic mass is 10.1. The summed E-state index contributed by atoms with van der Waals surface area (Å²) in [5.41, 5.74) is 1.44. The minimum Gasteiger partial charge on any atom is -0.354 e. The summed E-state index contributed by atoms with van der Waals surface area (Å²) in [5, 5.41) is 3.60. The van der Waals surface area contributed by atoms with Gasteiger partial charge in [0, 0.05) is 25.0 Å². The number of hydrogen-bond acceptors (Lipinski definition) is 2. The molecular formula is C14H26N2S. The number of nitrogens with zero attached hydrogens (tertiary/aromatic N) is 1. The normalized spacial score (nSPS) is 12.9. The van der Waals surface area contributed by atoms with Crippen molar-refractivity contribution < 1.29 is 0 Å². The first-order valence-electron chi connectivity index (χ1n) is 6.69. The molecule has 0 bridgehead atoms. The maximum atomic E-state index is 3.60. The summed E-state index contributed by atoms with van der Waals surface area (Å²) in [6.45, 7) is 6.72. The summed E-state index contributed by atoms with van der Waals surface area (Å²) in [4.78, 5) is 0. The summed E-state index contributed by atoms with van der Waals surface area (Å²) in [6, 6.07) is 2.78. The average Bonchev–Trinajstić information content (AvgIpc) is 2.79. The first-order valence-corrected chi connectivity index (χ1v) is 8.09. The Hall–Kier alpha value is -0.410. The summed E-state index contributed by atoms with van der Waals surface area (Å²) in [6.07, 6.45) is 10.3. The van der Waals surface area contributed by atoms with Crippen LogP contribution in [0.2, 0.25) is 0 Å². The summed E-state index contributed by atoms with van der Waals surface area (Å²) in [7, 11) is 0. The van der Waals surface area contributed by atoms with Gasteiger partial charge in [-0.3, -0.25) is 0 Å². The van der Waals surface area contributed by atoms with E-state index in [9.17, 15) is 0 Å². The van der Waals surface area contributed by atoms with Crippen LogP contribution in [0.1, 0.15) is 44.7 Å². The average molecular weight is 254 g/mol. The van der Waals surface area contributed by atoms with Gasteiger partial charge in [-0.05, 0) is 49.4 Å². The summed E-state index contributed by atoms with van der Waals surface area (Å²) in [5.74, 6) is 1.25. The Labute approximate surface area is 110 Å². The van der Waals surface area contributed by atoms with Crippen LogP contribution in [0, 0.1) is 0 Å². The number of thioether (sulfide) groups is 1. The van der Waals surface area contributed by atoms with E-state index in [4.69, 9.17) is 0 Å². The number of hydrogen-bond donors (Lipinski definition) is 1. The lowest BCUT2D eigenvalue weighted by Gasteiger charge is -2.15. The second-order valence-corrected chi connectivity index (χ2v) is 5.43. The second kappa shape index (κ2) is 8.65. The highest BCUT2D eigenvalue weighted by Crippen LogP contribution is 2.17. The van der Waals surface area contributed by atoms with Crippen molar-refractivity contribution in [1.82, 2.24) is 9.88 Å². The van der Waals surface area contributed by atoms with Crippen molar-refractivity contribution in [2.75, 3.05) is 18.6 Å². The molecule has 1 N–H and O–H groups in total. The minimum absolute atomic E-state index is 0.525. The zero-order valence-corrected chi connectivity index (χ0v) is 12.2. The molecule has 1 rings (SSSR count). The van der Waals surface area contributed by atoms with Crippen molar-refractivity contribution in [2.45, 2.75) is 45.7 Å². The Bertz CT molecular complexity index is 296. The molecule has 2 nitrogen and oxygen atoms in total. The van der Waals surface area contributed by atoms with Crippen LogP contribution in [0.25, 0.3) is 0 Å². The maximum absolute atomic E-state index is 3.60. The Balaban J connectivity index is 2.46. The molecule has 3 heteroatoms. The highest BCUT2D eigenvalue weighted by atomic mass is 32.2. The number of aryl methyl sites for hydroxylation is 1. The van der Waals surface area contributed by atoms with E-state index in [1.165, 1.54) is 24.2 Å². The predicted molar refractivity (Wildman–Crippen MR) is 78.8 cm³/mol. The van der Waals surface area contributed by atoms with E-state index in [1.807, 2.05) is 11.8 Å². The lowest BCUT2D eigenvalue weighted by molar-refractivity contribution is 0.517. The van der Waals surface area contributed by atoms with Crippen LogP contribution in [-0.2, 0) is 6.54 Å². The molecule has 0 radical (unpaired) electrons. The van der Waals surface area contributed by atoms with Crippen LogP contribution in [-0.4, -0.2) is 23.1 Å². The van der Waals surface area contributed by atoms with Crippen molar-refractivity contribution in [3.8, 4) is 0 Å². The quantitative estimate of drug-likeness (QED) is 0.677. The molecule has 0 aliphatic carbocycles. The first-order chi connectivity index (χ1) is 8.31. The Morgan fingerprint density at radius 1 is 1.41 bits per heavy atom. The van der Waals surface area contributed by atoms with Gasteiger partial charge in [0.05, 0.1) is 0 Å². The van der Waals surface area contributed by atoms with E-state index >= 15 is 0 Å². The van der Waals surface area contributed by atoms with Crippen LogP contribution in [0.3, 0.4) is 0 Å². The molecule has 98 valence electrons. The molecule has 0 aromatic carbocycles. The third-order valence-corrected chi connectivity index (χ3v) is 3.69. The molecular weight excluding hydrogens is 228 g/mol. The van der Waals surface area contributed by atoms with Gasteiger partial charge >= 0.3 is 0 Å². The number of rotatable bonds is 9. The minimum atomic E-state index is 0.525. The molecule has 0 aliphatic heterocycles. The smallest absolute Gasteiger partial charge is 0.0332 e. The van der Waals surface area contributed by atoms with Gasteiger partial charge in [-0.2, -0.15) is 11.8 Å². The van der Waals surface area contributed by atoms with Crippen LogP contribution in [0.5, 0.6) is 0 Å². The standard InChI is InChI=1S/C14H26N2S/c1-4-8-15-14(5-2)13-7-10-16(12-13)9-6-11-17-3/h7,10,12,14-15H,4-6,8-9,11H2,1-3H3. The lowest BCUT2D eigenvalue weighted by Crippen LogP contribution is -2.21. The summed E-state index contributed by atoms with van der Waals surface area (Å²) < 4.78 is 2.32. The second-order valence-electron chi connectivity index (χ2n) is 4.44. The zero-order valence-electron chi connectivity index (χ0n) is 11.4. The van der Waals surface area contributed by atoms with Crippen LogP contribution < -0.4 is 5.32 Å². The van der Waals surface area contributed by atoms with Gasteiger partial charge in [-0.1, -0.05) is 13.8 Å². The van der Waals surface area contributed by atoms with Crippen molar-refractivity contribution in [3.63, 3.8) is 0 Å². The van der Waals surface area contributed by atoms with Gasteiger partial charge in [0.1, 0.15) is 0 Å². The molecule has 0 fully saturated rings. The largest absolute Gasteiger partial charge is 0.354 e. The number of nitrogens with one attached hydrogen (secondary N) is 1. The fraction of sp³-hybridized carbons (Fsp3) is 0.714. The van der Waals surface area contributed by atoms with E-state index in [2.05, 4.69) is 48.4 Å². The van der Waals surface area contributed by atoms with Gasteiger partial charge in [0.15, 0.2) is 0 Å². The third kappa shape index (κ3) is 5.17. The molecule has 0 saturated carbocycles. The molecule has 0 spiro atoms. The molecule has 1 heterocycles. The van der Waals surface area contributed by atoms with Gasteiger partial charge in [-0.25, -0.2) is 0 Å². The Morgan fingerprint density at radius 2 is 2.24 bits per heavy atom.